The number of nitrogens with zero attached hydrogens (tertiary/aromatic N) is 2. The average molecular weight is 551 g/mol. The van der Waals surface area contributed by atoms with Gasteiger partial charge in [-0.2, -0.15) is 0 Å². The smallest absolute Gasteiger partial charge is 0.780 e. The van der Waals surface area contributed by atoms with Gasteiger partial charge >= 0.3 is 66.7 Å². The Morgan fingerprint density at radius 2 is 1.89 bits per heavy atom. The summed E-state index contributed by atoms with van der Waals surface area (Å²) < 4.78 is 40.6. The Kier molecular flexibility index (Phi) is 9.67. The van der Waals surface area contributed by atoms with E-state index in [1.54, 1.807) is 36.4 Å². The topological polar surface area (TPSA) is 134 Å². The average Bonchev–Trinajstić information content (AvgIpc) is 2.78. The van der Waals surface area contributed by atoms with Gasteiger partial charge in [0.15, 0.2) is 0 Å². The summed E-state index contributed by atoms with van der Waals surface area (Å²) in [5.74, 6) is -0.141. The summed E-state index contributed by atoms with van der Waals surface area (Å²) in [7, 11) is -8.92. The van der Waals surface area contributed by atoms with E-state index in [9.17, 15) is 18.9 Å². The first-order valence-electron chi connectivity index (χ1n) is 9.80. The molecule has 9 nitrogen and oxygen atoms in total. The van der Waals surface area contributed by atoms with Crippen molar-refractivity contribution < 1.29 is 91.6 Å². The van der Waals surface area contributed by atoms with Gasteiger partial charge in [0.1, 0.15) is 19.1 Å². The summed E-state index contributed by atoms with van der Waals surface area (Å²) in [6.07, 6.45) is 2.76. The van der Waals surface area contributed by atoms with E-state index >= 15 is 0 Å². The maximum absolute atomic E-state index is 13.6. The second kappa shape index (κ2) is 11.6. The van der Waals surface area contributed by atoms with E-state index in [0.29, 0.717) is 33.2 Å². The maximum atomic E-state index is 13.6. The van der Waals surface area contributed by atoms with E-state index in [0.717, 1.165) is 5.56 Å². The third-order valence-corrected chi connectivity index (χ3v) is 7.75. The first-order chi connectivity index (χ1) is 15.7. The molecule has 2 aromatic carbocycles. The number of rotatable bonds is 4. The molecule has 2 aromatic heterocycles. The number of phosphoric acid groups is 1. The molecular weight excluding hydrogens is 536 g/mol. The van der Waals surface area contributed by atoms with Gasteiger partial charge in [0, 0.05) is 34.6 Å². The molecule has 0 amide bonds. The number of aromatic nitrogens is 2. The largest absolute Gasteiger partial charge is 1.00 e. The minimum absolute atomic E-state index is 0. The molecule has 35 heavy (non-hydrogen) atoms. The predicted octanol–water partition coefficient (Wildman–Crippen LogP) is -2.35. The molecule has 1 fully saturated rings. The van der Waals surface area contributed by atoms with E-state index in [1.807, 2.05) is 6.07 Å². The Morgan fingerprint density at radius 1 is 1.09 bits per heavy atom. The number of hydrogen-bond donors (Lipinski definition) is 0. The molecule has 0 N–H and O–H groups in total. The van der Waals surface area contributed by atoms with E-state index in [4.69, 9.17) is 20.6 Å². The van der Waals surface area contributed by atoms with Crippen molar-refractivity contribution in [3.05, 3.63) is 71.5 Å². The van der Waals surface area contributed by atoms with Gasteiger partial charge < -0.3 is 23.4 Å². The predicted molar refractivity (Wildman–Crippen MR) is 118 cm³/mol. The summed E-state index contributed by atoms with van der Waals surface area (Å²) in [6.45, 7) is 0.233. The summed E-state index contributed by atoms with van der Waals surface area (Å²) in [6, 6.07) is 13.3. The normalized spacial score (nSPS) is 20.1. The van der Waals surface area contributed by atoms with Crippen LogP contribution in [0.5, 0.6) is 5.75 Å². The van der Waals surface area contributed by atoms with Crippen LogP contribution >= 0.6 is 27.0 Å². The van der Waals surface area contributed by atoms with Crippen molar-refractivity contribution in [2.24, 2.45) is 0 Å². The SMILES string of the molecule is O=P([O-])([O-])Oc1ccnc2c1ccc1cc(P3(=O)OCC[C@@H](c4cccc(Cl)c4)O3)cnc12.[Na+].[Na+]. The van der Waals surface area contributed by atoms with Crippen LogP contribution < -0.4 is 78.7 Å². The van der Waals surface area contributed by atoms with Crippen molar-refractivity contribution in [1.29, 1.82) is 0 Å². The zero-order valence-corrected chi connectivity index (χ0v) is 25.3. The summed E-state index contributed by atoms with van der Waals surface area (Å²) in [4.78, 5) is 30.7. The van der Waals surface area contributed by atoms with Crippen LogP contribution in [0.2, 0.25) is 5.02 Å². The standard InChI is InChI=1S/C21H17ClN2O7P2.2Na/c22-15-3-1-2-13(10-15)18-7-9-29-32(25,30-18)16-11-14-4-5-17-19(31-33(26,27)28)6-8-23-21(17)20(14)24-12-16;;/h1-6,8,10-12,18H,7,9H2,(H2,26,27,28);;/q;2*+1/p-2/t18-,32?;;/m0../s1. The Balaban J connectivity index is 0.00000171. The third kappa shape index (κ3) is 6.39. The molecule has 14 heteroatoms. The van der Waals surface area contributed by atoms with Gasteiger partial charge in [0.2, 0.25) is 0 Å². The van der Waals surface area contributed by atoms with Crippen LogP contribution in [-0.2, 0) is 18.2 Å². The molecule has 170 valence electrons. The van der Waals surface area contributed by atoms with E-state index in [2.05, 4.69) is 14.5 Å². The first-order valence-corrected chi connectivity index (χ1v) is 13.2. The molecule has 5 rings (SSSR count). The van der Waals surface area contributed by atoms with Crippen LogP contribution in [0.15, 0.2) is 60.9 Å². The Labute approximate surface area is 249 Å². The Hall–Kier alpha value is -0.350. The van der Waals surface area contributed by atoms with Crippen molar-refractivity contribution in [2.75, 3.05) is 6.61 Å². The molecule has 0 bridgehead atoms. The number of hydrogen-bond acceptors (Lipinski definition) is 9. The monoisotopic (exact) mass is 550 g/mol. The molecule has 1 aliphatic rings. The maximum Gasteiger partial charge on any atom is 1.00 e. The van der Waals surface area contributed by atoms with Crippen LogP contribution in [0.25, 0.3) is 21.8 Å². The van der Waals surface area contributed by atoms with Crippen LogP contribution in [0, 0.1) is 0 Å². The molecular formula is C21H15ClN2Na2O7P2. The fourth-order valence-electron chi connectivity index (χ4n) is 3.72. The summed E-state index contributed by atoms with van der Waals surface area (Å²) in [5.41, 5.74) is 1.53. The van der Waals surface area contributed by atoms with Gasteiger partial charge in [-0.3, -0.25) is 19.1 Å². The van der Waals surface area contributed by atoms with Crippen LogP contribution in [-0.4, -0.2) is 16.6 Å². The Morgan fingerprint density at radius 3 is 2.63 bits per heavy atom. The fraction of sp³-hybridized carbons (Fsp3) is 0.143. The number of phosphoric ester groups is 1. The number of pyridine rings is 2. The van der Waals surface area contributed by atoms with Crippen LogP contribution in [0.3, 0.4) is 0 Å². The van der Waals surface area contributed by atoms with E-state index in [-0.39, 0.29) is 76.8 Å². The molecule has 0 aliphatic carbocycles. The zero-order valence-electron chi connectivity index (χ0n) is 18.8. The van der Waals surface area contributed by atoms with Gasteiger partial charge in [-0.25, -0.2) is 0 Å². The van der Waals surface area contributed by atoms with E-state index in [1.165, 1.54) is 18.5 Å². The molecule has 0 radical (unpaired) electrons. The molecule has 0 saturated carbocycles. The van der Waals surface area contributed by atoms with Crippen molar-refractivity contribution in [1.82, 2.24) is 9.97 Å². The Bertz CT molecular complexity index is 1490. The van der Waals surface area contributed by atoms with Gasteiger partial charge in [-0.05, 0) is 35.9 Å². The molecule has 4 aromatic rings. The summed E-state index contributed by atoms with van der Waals surface area (Å²) >= 11 is 6.08. The zero-order chi connectivity index (χ0) is 23.2. The second-order valence-electron chi connectivity index (χ2n) is 7.34. The molecule has 1 aliphatic heterocycles. The van der Waals surface area contributed by atoms with Crippen molar-refractivity contribution in [3.8, 4) is 5.75 Å². The third-order valence-electron chi connectivity index (χ3n) is 5.16. The van der Waals surface area contributed by atoms with Gasteiger partial charge in [-0.1, -0.05) is 29.8 Å². The van der Waals surface area contributed by atoms with Crippen LogP contribution in [0.4, 0.5) is 0 Å². The molecule has 0 spiro atoms. The van der Waals surface area contributed by atoms with Gasteiger partial charge in [0.25, 0.3) is 0 Å². The molecule has 1 unspecified atom stereocenters. The van der Waals surface area contributed by atoms with Gasteiger partial charge in [-0.15, -0.1) is 0 Å². The van der Waals surface area contributed by atoms with Crippen molar-refractivity contribution in [3.63, 3.8) is 0 Å². The molecule has 3 heterocycles. The minimum atomic E-state index is -5.25. The van der Waals surface area contributed by atoms with Crippen molar-refractivity contribution >= 4 is 54.1 Å². The quantitative estimate of drug-likeness (QED) is 0.156. The number of fused-ring (bicyclic) bond motifs is 3. The number of benzene rings is 2. The van der Waals surface area contributed by atoms with Crippen LogP contribution in [0.1, 0.15) is 18.1 Å². The fourth-order valence-corrected chi connectivity index (χ4v) is 6.06. The first kappa shape index (κ1) is 29.2. The van der Waals surface area contributed by atoms with Crippen molar-refractivity contribution in [2.45, 2.75) is 12.5 Å². The second-order valence-corrected chi connectivity index (χ2v) is 10.8. The molecule has 2 atom stereocenters. The summed E-state index contributed by atoms with van der Waals surface area (Å²) in [5, 5.41) is 1.70. The van der Waals surface area contributed by atoms with Gasteiger partial charge in [0.05, 0.1) is 23.5 Å². The van der Waals surface area contributed by atoms with E-state index < -0.39 is 21.5 Å². The number of halogens is 1. The minimum Gasteiger partial charge on any atom is -0.780 e. The molecule has 1 saturated heterocycles.